The van der Waals surface area contributed by atoms with Crippen LogP contribution in [0.5, 0.6) is 0 Å². The van der Waals surface area contributed by atoms with Gasteiger partial charge >= 0.3 is 0 Å². The van der Waals surface area contributed by atoms with Gasteiger partial charge in [-0.3, -0.25) is 15.0 Å². The minimum Gasteiger partial charge on any atom is -0.267 e. The minimum absolute atomic E-state index is 0.230. The van der Waals surface area contributed by atoms with Crippen LogP contribution in [0.15, 0.2) is 54.6 Å². The van der Waals surface area contributed by atoms with Gasteiger partial charge in [-0.1, -0.05) is 44.2 Å². The van der Waals surface area contributed by atoms with Gasteiger partial charge in [0, 0.05) is 11.1 Å². The summed E-state index contributed by atoms with van der Waals surface area (Å²) in [5.41, 5.74) is 4.43. The van der Waals surface area contributed by atoms with Crippen molar-refractivity contribution in [2.24, 2.45) is 0 Å². The second kappa shape index (κ2) is 7.51. The van der Waals surface area contributed by atoms with Gasteiger partial charge in [-0.25, -0.2) is 5.01 Å². The number of nitrogens with one attached hydrogen (secondary N) is 1. The molecule has 2 rings (SSSR count). The van der Waals surface area contributed by atoms with Crippen molar-refractivity contribution in [2.45, 2.75) is 46.1 Å². The van der Waals surface area contributed by atoms with Gasteiger partial charge in [-0.15, -0.1) is 0 Å². The Hall–Kier alpha value is -2.62. The largest absolute Gasteiger partial charge is 0.272 e. The molecule has 0 saturated carbocycles. The fourth-order valence-corrected chi connectivity index (χ4v) is 2.42. The maximum atomic E-state index is 13.0. The molecule has 2 aromatic rings. The summed E-state index contributed by atoms with van der Waals surface area (Å²) in [5, 5.41) is 1.40. The molecule has 0 aromatic heterocycles. The van der Waals surface area contributed by atoms with Crippen molar-refractivity contribution in [3.8, 4) is 0 Å². The van der Waals surface area contributed by atoms with Crippen LogP contribution < -0.4 is 5.43 Å². The zero-order valence-corrected chi connectivity index (χ0v) is 15.5. The Morgan fingerprint density at radius 3 is 1.92 bits per heavy atom. The van der Waals surface area contributed by atoms with E-state index in [9.17, 15) is 9.59 Å². The predicted molar refractivity (Wildman–Crippen MR) is 100 cm³/mol. The van der Waals surface area contributed by atoms with Gasteiger partial charge < -0.3 is 0 Å². The van der Waals surface area contributed by atoms with Crippen LogP contribution in [0, 0.1) is 0 Å². The molecule has 0 unspecified atom stereocenters. The second-order valence-corrected chi connectivity index (χ2v) is 7.40. The van der Waals surface area contributed by atoms with E-state index in [1.807, 2.05) is 51.1 Å². The van der Waals surface area contributed by atoms with Crippen molar-refractivity contribution in [3.63, 3.8) is 0 Å². The number of carbonyl (C=O) groups excluding carboxylic acids is 2. The molecule has 25 heavy (non-hydrogen) atoms. The Balaban J connectivity index is 2.25. The number of benzene rings is 2. The normalized spacial score (nSPS) is 11.3. The number of rotatable bonds is 3. The van der Waals surface area contributed by atoms with E-state index in [-0.39, 0.29) is 11.8 Å². The first-order valence-corrected chi connectivity index (χ1v) is 8.50. The molecule has 0 radical (unpaired) electrons. The van der Waals surface area contributed by atoms with Crippen LogP contribution in [0.1, 0.15) is 66.8 Å². The fourth-order valence-electron chi connectivity index (χ4n) is 2.42. The number of hydrazine groups is 1. The van der Waals surface area contributed by atoms with Gasteiger partial charge in [0.05, 0.1) is 5.54 Å². The lowest BCUT2D eigenvalue weighted by atomic mass is 10.0. The zero-order chi connectivity index (χ0) is 18.6. The minimum atomic E-state index is -0.557. The molecule has 0 aliphatic heterocycles. The number of amides is 2. The van der Waals surface area contributed by atoms with Crippen molar-refractivity contribution in [2.75, 3.05) is 0 Å². The summed E-state index contributed by atoms with van der Waals surface area (Å²) in [6, 6.07) is 16.4. The molecule has 0 atom stereocenters. The van der Waals surface area contributed by atoms with Crippen LogP contribution in [0.3, 0.4) is 0 Å². The predicted octanol–water partition coefficient (Wildman–Crippen LogP) is 4.40. The maximum Gasteiger partial charge on any atom is 0.272 e. The lowest BCUT2D eigenvalue weighted by Crippen LogP contribution is -2.55. The average molecular weight is 338 g/mol. The third-order valence-corrected chi connectivity index (χ3v) is 3.95. The number of carbonyl (C=O) groups is 2. The first kappa shape index (κ1) is 18.7. The molecule has 0 aliphatic carbocycles. The fraction of sp³-hybridized carbons (Fsp3) is 0.333. The maximum absolute atomic E-state index is 13.0. The van der Waals surface area contributed by atoms with Crippen LogP contribution in [0.4, 0.5) is 0 Å². The Labute approximate surface area is 149 Å². The molecule has 2 aromatic carbocycles. The van der Waals surface area contributed by atoms with E-state index < -0.39 is 5.54 Å². The van der Waals surface area contributed by atoms with Crippen molar-refractivity contribution in [1.82, 2.24) is 10.4 Å². The summed E-state index contributed by atoms with van der Waals surface area (Å²) in [4.78, 5) is 25.4. The number of nitrogens with zero attached hydrogens (tertiary/aromatic N) is 1. The lowest BCUT2D eigenvalue weighted by molar-refractivity contribution is 0.0358. The van der Waals surface area contributed by atoms with Gasteiger partial charge in [-0.2, -0.15) is 0 Å². The highest BCUT2D eigenvalue weighted by molar-refractivity contribution is 5.99. The molecule has 0 fully saturated rings. The van der Waals surface area contributed by atoms with Gasteiger partial charge in [-0.05, 0) is 56.5 Å². The summed E-state index contributed by atoms with van der Waals surface area (Å²) in [5.74, 6) is -0.129. The topological polar surface area (TPSA) is 49.4 Å². The smallest absolute Gasteiger partial charge is 0.267 e. The van der Waals surface area contributed by atoms with Crippen LogP contribution in [-0.4, -0.2) is 22.4 Å². The van der Waals surface area contributed by atoms with Crippen LogP contribution >= 0.6 is 0 Å². The summed E-state index contributed by atoms with van der Waals surface area (Å²) in [6.45, 7) is 9.88. The molecule has 132 valence electrons. The average Bonchev–Trinajstić information content (AvgIpc) is 2.58. The van der Waals surface area contributed by atoms with Crippen molar-refractivity contribution in [1.29, 1.82) is 0 Å². The summed E-state index contributed by atoms with van der Waals surface area (Å²) >= 11 is 0. The molecule has 0 saturated heterocycles. The zero-order valence-electron chi connectivity index (χ0n) is 15.5. The summed E-state index contributed by atoms with van der Waals surface area (Å²) < 4.78 is 0. The van der Waals surface area contributed by atoms with E-state index in [4.69, 9.17) is 0 Å². The lowest BCUT2D eigenvalue weighted by Gasteiger charge is -2.35. The highest BCUT2D eigenvalue weighted by Gasteiger charge is 2.29. The van der Waals surface area contributed by atoms with Gasteiger partial charge in [0.1, 0.15) is 0 Å². The quantitative estimate of drug-likeness (QED) is 0.844. The van der Waals surface area contributed by atoms with Crippen molar-refractivity contribution in [3.05, 3.63) is 71.3 Å². The van der Waals surface area contributed by atoms with Crippen molar-refractivity contribution < 1.29 is 9.59 Å². The third kappa shape index (κ3) is 4.69. The molecule has 4 nitrogen and oxygen atoms in total. The highest BCUT2D eigenvalue weighted by atomic mass is 16.2. The van der Waals surface area contributed by atoms with E-state index in [0.29, 0.717) is 17.0 Å². The van der Waals surface area contributed by atoms with E-state index >= 15 is 0 Å². The number of hydrogen-bond donors (Lipinski definition) is 1. The van der Waals surface area contributed by atoms with Crippen LogP contribution in [-0.2, 0) is 0 Å². The van der Waals surface area contributed by atoms with Crippen LogP contribution in [0.25, 0.3) is 0 Å². The Morgan fingerprint density at radius 2 is 1.44 bits per heavy atom. The second-order valence-electron chi connectivity index (χ2n) is 7.40. The monoisotopic (exact) mass is 338 g/mol. The van der Waals surface area contributed by atoms with E-state index in [1.54, 1.807) is 24.3 Å². The SMILES string of the molecule is CC(C)c1ccc(C(=O)N(NC(=O)c2ccccc2)C(C)(C)C)cc1. The molecule has 0 spiro atoms. The van der Waals surface area contributed by atoms with E-state index in [2.05, 4.69) is 19.3 Å². The number of hydrogen-bond acceptors (Lipinski definition) is 2. The van der Waals surface area contributed by atoms with Gasteiger partial charge in [0.2, 0.25) is 0 Å². The van der Waals surface area contributed by atoms with Gasteiger partial charge in [0.25, 0.3) is 11.8 Å². The summed E-state index contributed by atoms with van der Waals surface area (Å²) in [7, 11) is 0. The Bertz CT molecular complexity index is 729. The Kier molecular flexibility index (Phi) is 5.62. The standard InChI is InChI=1S/C21H26N2O2/c1-15(2)16-11-13-18(14-12-16)20(25)23(21(3,4)5)22-19(24)17-9-7-6-8-10-17/h6-15H,1-5H3,(H,22,24). The molecule has 4 heteroatoms. The molecule has 0 bridgehead atoms. The molecule has 0 heterocycles. The first-order chi connectivity index (χ1) is 11.7. The summed E-state index contributed by atoms with van der Waals surface area (Å²) in [6.07, 6.45) is 0. The molecule has 2 amide bonds. The van der Waals surface area contributed by atoms with E-state index in [1.165, 1.54) is 10.6 Å². The highest BCUT2D eigenvalue weighted by Crippen LogP contribution is 2.19. The molecular formula is C21H26N2O2. The van der Waals surface area contributed by atoms with Gasteiger partial charge in [0.15, 0.2) is 0 Å². The molecule has 1 N–H and O–H groups in total. The molecule has 0 aliphatic rings. The third-order valence-electron chi connectivity index (χ3n) is 3.95. The van der Waals surface area contributed by atoms with E-state index in [0.717, 1.165) is 0 Å². The van der Waals surface area contributed by atoms with Crippen molar-refractivity contribution >= 4 is 11.8 Å². The Morgan fingerprint density at radius 1 is 0.880 bits per heavy atom. The van der Waals surface area contributed by atoms with Crippen LogP contribution in [0.2, 0.25) is 0 Å². The first-order valence-electron chi connectivity index (χ1n) is 8.50. The molecular weight excluding hydrogens is 312 g/mol.